The molecule has 1 aromatic rings. The average Bonchev–Trinajstić information content (AvgIpc) is 2.68. The molecule has 3 nitrogen and oxygen atoms in total. The maximum absolute atomic E-state index is 4.86. The standard InChI is InChI=1S/C15H27N3/c1-5-7-14-17-12-10-16-9-8-13(12)18(14)11-15(3,4)6-2/h16H,5-11H2,1-4H3. The Labute approximate surface area is 111 Å². The summed E-state index contributed by atoms with van der Waals surface area (Å²) in [4.78, 5) is 4.86. The summed E-state index contributed by atoms with van der Waals surface area (Å²) < 4.78 is 2.52. The molecule has 0 saturated heterocycles. The molecule has 2 rings (SSSR count). The number of fused-ring (bicyclic) bond motifs is 1. The number of hydrogen-bond acceptors (Lipinski definition) is 2. The van der Waals surface area contributed by atoms with Crippen LogP contribution in [-0.4, -0.2) is 16.1 Å². The van der Waals surface area contributed by atoms with Gasteiger partial charge in [0.25, 0.3) is 0 Å². The first kappa shape index (κ1) is 13.6. The first-order valence-electron chi connectivity index (χ1n) is 7.35. The lowest BCUT2D eigenvalue weighted by atomic mass is 9.90. The van der Waals surface area contributed by atoms with Gasteiger partial charge in [-0.15, -0.1) is 0 Å². The number of imidazole rings is 1. The van der Waals surface area contributed by atoms with Crippen molar-refractivity contribution in [1.82, 2.24) is 14.9 Å². The van der Waals surface area contributed by atoms with E-state index in [0.29, 0.717) is 5.41 Å². The maximum Gasteiger partial charge on any atom is 0.109 e. The van der Waals surface area contributed by atoms with Crippen LogP contribution >= 0.6 is 0 Å². The van der Waals surface area contributed by atoms with Crippen molar-refractivity contribution in [2.45, 2.75) is 66.5 Å². The van der Waals surface area contributed by atoms with Crippen molar-refractivity contribution in [3.8, 4) is 0 Å². The minimum atomic E-state index is 0.363. The van der Waals surface area contributed by atoms with Crippen molar-refractivity contribution in [2.75, 3.05) is 6.54 Å². The van der Waals surface area contributed by atoms with Gasteiger partial charge in [-0.25, -0.2) is 4.98 Å². The number of nitrogens with one attached hydrogen (secondary N) is 1. The van der Waals surface area contributed by atoms with Crippen LogP contribution in [0.15, 0.2) is 0 Å². The third-order valence-electron chi connectivity index (χ3n) is 4.08. The van der Waals surface area contributed by atoms with Crippen molar-refractivity contribution in [2.24, 2.45) is 5.41 Å². The Bertz CT molecular complexity index is 404. The third kappa shape index (κ3) is 2.77. The van der Waals surface area contributed by atoms with Crippen LogP contribution in [0.25, 0.3) is 0 Å². The highest BCUT2D eigenvalue weighted by molar-refractivity contribution is 5.20. The summed E-state index contributed by atoms with van der Waals surface area (Å²) in [6.45, 7) is 12.4. The molecule has 102 valence electrons. The molecular formula is C15H27N3. The van der Waals surface area contributed by atoms with E-state index in [1.807, 2.05) is 0 Å². The smallest absolute Gasteiger partial charge is 0.109 e. The fourth-order valence-corrected chi connectivity index (χ4v) is 2.57. The van der Waals surface area contributed by atoms with Gasteiger partial charge in [-0.1, -0.05) is 27.7 Å². The Kier molecular flexibility index (Phi) is 4.10. The van der Waals surface area contributed by atoms with Gasteiger partial charge in [0.1, 0.15) is 5.82 Å². The van der Waals surface area contributed by atoms with Gasteiger partial charge in [-0.3, -0.25) is 0 Å². The predicted molar refractivity (Wildman–Crippen MR) is 75.7 cm³/mol. The molecule has 1 aromatic heterocycles. The average molecular weight is 249 g/mol. The lowest BCUT2D eigenvalue weighted by Crippen LogP contribution is -2.27. The number of rotatable bonds is 5. The lowest BCUT2D eigenvalue weighted by molar-refractivity contribution is 0.285. The lowest BCUT2D eigenvalue weighted by Gasteiger charge is -2.26. The Morgan fingerprint density at radius 2 is 2.11 bits per heavy atom. The van der Waals surface area contributed by atoms with Crippen LogP contribution in [-0.2, 0) is 25.9 Å². The van der Waals surface area contributed by atoms with Crippen molar-refractivity contribution in [3.05, 3.63) is 17.2 Å². The predicted octanol–water partition coefficient (Wildman–Crippen LogP) is 2.92. The van der Waals surface area contributed by atoms with Crippen molar-refractivity contribution in [1.29, 1.82) is 0 Å². The highest BCUT2D eigenvalue weighted by Crippen LogP contribution is 2.26. The number of aryl methyl sites for hydroxylation is 1. The summed E-state index contributed by atoms with van der Waals surface area (Å²) in [6.07, 6.45) is 4.62. The van der Waals surface area contributed by atoms with Gasteiger partial charge in [0.05, 0.1) is 5.69 Å². The van der Waals surface area contributed by atoms with Crippen LogP contribution in [0.3, 0.4) is 0 Å². The zero-order valence-electron chi connectivity index (χ0n) is 12.3. The van der Waals surface area contributed by atoms with Gasteiger partial charge in [0.15, 0.2) is 0 Å². The summed E-state index contributed by atoms with van der Waals surface area (Å²) >= 11 is 0. The minimum absolute atomic E-state index is 0.363. The van der Waals surface area contributed by atoms with Crippen LogP contribution < -0.4 is 5.32 Å². The second-order valence-corrected chi connectivity index (χ2v) is 6.20. The fraction of sp³-hybridized carbons (Fsp3) is 0.800. The van der Waals surface area contributed by atoms with E-state index in [2.05, 4.69) is 37.6 Å². The molecule has 0 unspecified atom stereocenters. The van der Waals surface area contributed by atoms with Crippen LogP contribution in [0.5, 0.6) is 0 Å². The van der Waals surface area contributed by atoms with E-state index in [-0.39, 0.29) is 0 Å². The third-order valence-corrected chi connectivity index (χ3v) is 4.08. The van der Waals surface area contributed by atoms with Crippen LogP contribution in [0.1, 0.15) is 57.7 Å². The van der Waals surface area contributed by atoms with Crippen molar-refractivity contribution in [3.63, 3.8) is 0 Å². The van der Waals surface area contributed by atoms with Crippen molar-refractivity contribution >= 4 is 0 Å². The molecule has 1 aliphatic heterocycles. The molecule has 0 fully saturated rings. The molecule has 0 bridgehead atoms. The molecule has 0 aromatic carbocycles. The fourth-order valence-electron chi connectivity index (χ4n) is 2.57. The number of aromatic nitrogens is 2. The number of nitrogens with zero attached hydrogens (tertiary/aromatic N) is 2. The van der Waals surface area contributed by atoms with E-state index in [1.54, 1.807) is 0 Å². The molecule has 3 heteroatoms. The Morgan fingerprint density at radius 3 is 2.78 bits per heavy atom. The Hall–Kier alpha value is -0.830. The highest BCUT2D eigenvalue weighted by Gasteiger charge is 2.24. The first-order valence-corrected chi connectivity index (χ1v) is 7.35. The van der Waals surface area contributed by atoms with E-state index in [0.717, 1.165) is 32.5 Å². The maximum atomic E-state index is 4.86. The van der Waals surface area contributed by atoms with Gasteiger partial charge in [0, 0.05) is 38.2 Å². The van der Waals surface area contributed by atoms with E-state index < -0.39 is 0 Å². The summed E-state index contributed by atoms with van der Waals surface area (Å²) in [7, 11) is 0. The van der Waals surface area contributed by atoms with Gasteiger partial charge in [0.2, 0.25) is 0 Å². The molecule has 0 aliphatic carbocycles. The van der Waals surface area contributed by atoms with Gasteiger partial charge in [-0.2, -0.15) is 0 Å². The zero-order chi connectivity index (χ0) is 13.2. The summed E-state index contributed by atoms with van der Waals surface area (Å²) in [5.74, 6) is 1.30. The van der Waals surface area contributed by atoms with E-state index >= 15 is 0 Å². The number of hydrogen-bond donors (Lipinski definition) is 1. The Balaban J connectivity index is 2.33. The highest BCUT2D eigenvalue weighted by atomic mass is 15.1. The molecule has 1 N–H and O–H groups in total. The van der Waals surface area contributed by atoms with Crippen molar-refractivity contribution < 1.29 is 0 Å². The molecule has 0 amide bonds. The minimum Gasteiger partial charge on any atom is -0.331 e. The normalized spacial score (nSPS) is 15.8. The van der Waals surface area contributed by atoms with E-state index in [4.69, 9.17) is 4.98 Å². The van der Waals surface area contributed by atoms with Gasteiger partial charge in [-0.05, 0) is 18.3 Å². The molecule has 18 heavy (non-hydrogen) atoms. The molecule has 0 atom stereocenters. The summed E-state index contributed by atoms with van der Waals surface area (Å²) in [5.41, 5.74) is 3.14. The molecule has 0 radical (unpaired) electrons. The van der Waals surface area contributed by atoms with Crippen LogP contribution in [0, 0.1) is 5.41 Å². The molecule has 1 aliphatic rings. The van der Waals surface area contributed by atoms with E-state index in [1.165, 1.54) is 30.1 Å². The molecule has 0 spiro atoms. The SMILES string of the molecule is CCCc1nc2c(n1CC(C)(C)CC)CCNC2. The monoisotopic (exact) mass is 249 g/mol. The Morgan fingerprint density at radius 1 is 1.33 bits per heavy atom. The topological polar surface area (TPSA) is 29.9 Å². The van der Waals surface area contributed by atoms with E-state index in [9.17, 15) is 0 Å². The second-order valence-electron chi connectivity index (χ2n) is 6.20. The quantitative estimate of drug-likeness (QED) is 0.869. The van der Waals surface area contributed by atoms with Gasteiger partial charge < -0.3 is 9.88 Å². The molecule has 2 heterocycles. The summed E-state index contributed by atoms with van der Waals surface area (Å²) in [6, 6.07) is 0. The summed E-state index contributed by atoms with van der Waals surface area (Å²) in [5, 5.41) is 3.42. The van der Waals surface area contributed by atoms with Crippen LogP contribution in [0.2, 0.25) is 0 Å². The molecular weight excluding hydrogens is 222 g/mol. The van der Waals surface area contributed by atoms with Gasteiger partial charge >= 0.3 is 0 Å². The zero-order valence-corrected chi connectivity index (χ0v) is 12.3. The first-order chi connectivity index (χ1) is 8.57. The molecule has 0 saturated carbocycles. The second kappa shape index (κ2) is 5.43. The largest absolute Gasteiger partial charge is 0.331 e. The van der Waals surface area contributed by atoms with Crippen LogP contribution in [0.4, 0.5) is 0 Å².